The predicted molar refractivity (Wildman–Crippen MR) is 93.9 cm³/mol. The molecule has 5 rings (SSSR count). The van der Waals surface area contributed by atoms with E-state index in [4.69, 9.17) is 0 Å². The fourth-order valence-corrected chi connectivity index (χ4v) is 5.02. The molecule has 2 saturated carbocycles. The molecule has 5 heteroatoms. The van der Waals surface area contributed by atoms with Gasteiger partial charge in [0.25, 0.3) is 0 Å². The largest absolute Gasteiger partial charge is 0.393 e. The van der Waals surface area contributed by atoms with Crippen LogP contribution in [0.3, 0.4) is 0 Å². The highest BCUT2D eigenvalue weighted by Crippen LogP contribution is 2.50. The molecule has 0 radical (unpaired) electrons. The standard InChI is InChI=1S/C20H25N3O2/c24-18(13-3-5-14(6-4-13)20(25)7-8-20)10-16-19-15(2-1-9-22-19)17-11-21-12-23(16)17/h1-2,9,11-14,16,18,24-25H,3-8,10H2. The summed E-state index contributed by atoms with van der Waals surface area (Å²) >= 11 is 0. The number of imidazole rings is 1. The van der Waals surface area contributed by atoms with Crippen LogP contribution in [0.25, 0.3) is 11.3 Å². The molecule has 0 spiro atoms. The minimum absolute atomic E-state index is 0.0778. The van der Waals surface area contributed by atoms with Crippen LogP contribution < -0.4 is 0 Å². The highest BCUT2D eigenvalue weighted by atomic mass is 16.3. The van der Waals surface area contributed by atoms with Crippen molar-refractivity contribution in [2.75, 3.05) is 0 Å². The molecule has 3 aliphatic rings. The number of rotatable bonds is 4. The van der Waals surface area contributed by atoms with Gasteiger partial charge in [0.2, 0.25) is 0 Å². The number of fused-ring (bicyclic) bond motifs is 3. The third-order valence-electron chi connectivity index (χ3n) is 6.73. The van der Waals surface area contributed by atoms with Crippen molar-refractivity contribution < 1.29 is 10.2 Å². The Labute approximate surface area is 147 Å². The van der Waals surface area contributed by atoms with Crippen LogP contribution in [0.5, 0.6) is 0 Å². The van der Waals surface area contributed by atoms with Crippen molar-refractivity contribution in [3.63, 3.8) is 0 Å². The number of aromatic nitrogens is 3. The van der Waals surface area contributed by atoms with E-state index in [9.17, 15) is 10.2 Å². The zero-order valence-corrected chi connectivity index (χ0v) is 14.4. The van der Waals surface area contributed by atoms with Crippen LogP contribution in [0, 0.1) is 11.8 Å². The second-order valence-electron chi connectivity index (χ2n) is 8.16. The molecule has 5 nitrogen and oxygen atoms in total. The van der Waals surface area contributed by atoms with Gasteiger partial charge in [-0.1, -0.05) is 0 Å². The Morgan fingerprint density at radius 3 is 2.80 bits per heavy atom. The van der Waals surface area contributed by atoms with Gasteiger partial charge in [-0.2, -0.15) is 0 Å². The highest BCUT2D eigenvalue weighted by molar-refractivity contribution is 5.66. The maximum absolute atomic E-state index is 10.9. The van der Waals surface area contributed by atoms with Crippen molar-refractivity contribution in [2.24, 2.45) is 11.8 Å². The maximum atomic E-state index is 10.9. The first-order valence-electron chi connectivity index (χ1n) is 9.53. The summed E-state index contributed by atoms with van der Waals surface area (Å²) in [6.45, 7) is 0. The quantitative estimate of drug-likeness (QED) is 0.898. The first kappa shape index (κ1) is 15.5. The molecule has 2 unspecified atom stereocenters. The summed E-state index contributed by atoms with van der Waals surface area (Å²) in [5.74, 6) is 0.781. The topological polar surface area (TPSA) is 71.2 Å². The molecule has 3 heterocycles. The molecule has 0 saturated heterocycles. The summed E-state index contributed by atoms with van der Waals surface area (Å²) in [7, 11) is 0. The average molecular weight is 339 g/mol. The molecular formula is C20H25N3O2. The molecule has 25 heavy (non-hydrogen) atoms. The molecule has 0 bridgehead atoms. The van der Waals surface area contributed by atoms with Gasteiger partial charge in [-0.05, 0) is 62.5 Å². The number of aliphatic hydroxyl groups excluding tert-OH is 1. The van der Waals surface area contributed by atoms with Crippen molar-refractivity contribution in [3.05, 3.63) is 36.5 Å². The van der Waals surface area contributed by atoms with Crippen LogP contribution in [0.1, 0.15) is 56.7 Å². The Morgan fingerprint density at radius 2 is 2.04 bits per heavy atom. The van der Waals surface area contributed by atoms with E-state index in [1.807, 2.05) is 24.8 Å². The lowest BCUT2D eigenvalue weighted by atomic mass is 9.75. The normalized spacial score (nSPS) is 30.6. The van der Waals surface area contributed by atoms with E-state index in [-0.39, 0.29) is 17.7 Å². The zero-order valence-electron chi connectivity index (χ0n) is 14.4. The van der Waals surface area contributed by atoms with Crippen LogP contribution in [0.2, 0.25) is 0 Å². The molecular weight excluding hydrogens is 314 g/mol. The molecule has 2 aromatic rings. The molecule has 2 atom stereocenters. The minimum Gasteiger partial charge on any atom is -0.393 e. The lowest BCUT2D eigenvalue weighted by Gasteiger charge is -2.34. The second-order valence-corrected chi connectivity index (χ2v) is 8.16. The van der Waals surface area contributed by atoms with E-state index in [0.717, 1.165) is 55.5 Å². The number of aliphatic hydroxyl groups is 2. The number of pyridine rings is 1. The van der Waals surface area contributed by atoms with E-state index in [2.05, 4.69) is 20.6 Å². The monoisotopic (exact) mass is 339 g/mol. The second kappa shape index (κ2) is 5.64. The number of hydrogen-bond acceptors (Lipinski definition) is 4. The third kappa shape index (κ3) is 2.52. The van der Waals surface area contributed by atoms with Crippen molar-refractivity contribution in [2.45, 2.75) is 62.7 Å². The van der Waals surface area contributed by atoms with Crippen LogP contribution in [-0.2, 0) is 0 Å². The van der Waals surface area contributed by atoms with Crippen LogP contribution >= 0.6 is 0 Å². The van der Waals surface area contributed by atoms with Crippen molar-refractivity contribution >= 4 is 0 Å². The lowest BCUT2D eigenvalue weighted by Crippen LogP contribution is -2.32. The van der Waals surface area contributed by atoms with Gasteiger partial charge in [0.15, 0.2) is 0 Å². The molecule has 0 amide bonds. The van der Waals surface area contributed by atoms with Gasteiger partial charge in [-0.3, -0.25) is 4.98 Å². The first-order chi connectivity index (χ1) is 12.2. The Kier molecular flexibility index (Phi) is 3.51. The smallest absolute Gasteiger partial charge is 0.0957 e. The zero-order chi connectivity index (χ0) is 17.0. The minimum atomic E-state index is -0.365. The molecule has 2 aliphatic carbocycles. The summed E-state index contributed by atoms with van der Waals surface area (Å²) in [6, 6.07) is 4.12. The Morgan fingerprint density at radius 1 is 1.24 bits per heavy atom. The summed E-state index contributed by atoms with van der Waals surface area (Å²) < 4.78 is 2.15. The SMILES string of the molecule is OC(CC1c2ncccc2-c2cncn21)C1CCC(C2(O)CC2)CC1. The van der Waals surface area contributed by atoms with Crippen molar-refractivity contribution in [1.29, 1.82) is 0 Å². The van der Waals surface area contributed by atoms with Gasteiger partial charge in [0.1, 0.15) is 0 Å². The summed E-state index contributed by atoms with van der Waals surface area (Å²) in [5, 5.41) is 21.2. The van der Waals surface area contributed by atoms with Crippen molar-refractivity contribution in [3.8, 4) is 11.3 Å². The average Bonchev–Trinajstić information content (AvgIpc) is 3.11. The van der Waals surface area contributed by atoms with E-state index >= 15 is 0 Å². The molecule has 0 aromatic carbocycles. The number of hydrogen-bond donors (Lipinski definition) is 2. The Hall–Kier alpha value is -1.72. The van der Waals surface area contributed by atoms with Gasteiger partial charge >= 0.3 is 0 Å². The van der Waals surface area contributed by atoms with Crippen LogP contribution in [-0.4, -0.2) is 36.5 Å². The van der Waals surface area contributed by atoms with Crippen LogP contribution in [0.15, 0.2) is 30.9 Å². The highest BCUT2D eigenvalue weighted by Gasteiger charge is 2.48. The van der Waals surface area contributed by atoms with Crippen LogP contribution in [0.4, 0.5) is 0 Å². The summed E-state index contributed by atoms with van der Waals surface area (Å²) in [6.07, 6.45) is 12.0. The summed E-state index contributed by atoms with van der Waals surface area (Å²) in [4.78, 5) is 8.87. The molecule has 2 aromatic heterocycles. The maximum Gasteiger partial charge on any atom is 0.0957 e. The van der Waals surface area contributed by atoms with Gasteiger partial charge in [0, 0.05) is 18.2 Å². The van der Waals surface area contributed by atoms with E-state index in [1.165, 1.54) is 0 Å². The third-order valence-corrected chi connectivity index (χ3v) is 6.73. The van der Waals surface area contributed by atoms with Gasteiger partial charge in [-0.15, -0.1) is 0 Å². The summed E-state index contributed by atoms with van der Waals surface area (Å²) in [5.41, 5.74) is 2.92. The molecule has 1 aliphatic heterocycles. The van der Waals surface area contributed by atoms with Gasteiger partial charge in [-0.25, -0.2) is 4.98 Å². The predicted octanol–water partition coefficient (Wildman–Crippen LogP) is 2.93. The lowest BCUT2D eigenvalue weighted by molar-refractivity contribution is 0.0152. The first-order valence-corrected chi connectivity index (χ1v) is 9.53. The van der Waals surface area contributed by atoms with Gasteiger partial charge < -0.3 is 14.8 Å². The fraction of sp³-hybridized carbons (Fsp3) is 0.600. The molecule has 2 N–H and O–H groups in total. The Balaban J connectivity index is 1.29. The fourth-order valence-electron chi connectivity index (χ4n) is 5.02. The Bertz CT molecular complexity index is 775. The van der Waals surface area contributed by atoms with E-state index < -0.39 is 0 Å². The van der Waals surface area contributed by atoms with E-state index in [0.29, 0.717) is 18.3 Å². The van der Waals surface area contributed by atoms with E-state index in [1.54, 1.807) is 0 Å². The molecule has 2 fully saturated rings. The number of nitrogens with zero attached hydrogens (tertiary/aromatic N) is 3. The van der Waals surface area contributed by atoms with Gasteiger partial charge in [0.05, 0.1) is 41.7 Å². The van der Waals surface area contributed by atoms with Crippen molar-refractivity contribution in [1.82, 2.24) is 14.5 Å². The molecule has 132 valence electrons.